The standard InChI is InChI=1S/C10H21O3P/c1-3-5-6-7-8-9(4-2)10(11)14(12)13/h9,14H,3-8H2,1-2H3,(H,12,13). The van der Waals surface area contributed by atoms with Crippen LogP contribution in [0.2, 0.25) is 0 Å². The van der Waals surface area contributed by atoms with Crippen molar-refractivity contribution in [2.45, 2.75) is 52.4 Å². The molecule has 0 saturated carbocycles. The Kier molecular flexibility index (Phi) is 8.11. The lowest BCUT2D eigenvalue weighted by molar-refractivity contribution is -0.116. The molecule has 4 heteroatoms. The summed E-state index contributed by atoms with van der Waals surface area (Å²) in [7, 11) is -2.95. The van der Waals surface area contributed by atoms with Crippen molar-refractivity contribution < 1.29 is 14.3 Å². The van der Waals surface area contributed by atoms with Crippen molar-refractivity contribution in [1.29, 1.82) is 0 Å². The average molecular weight is 220 g/mol. The summed E-state index contributed by atoms with van der Waals surface area (Å²) in [5, 5.41) is 0. The normalized spacial score (nSPS) is 15.1. The summed E-state index contributed by atoms with van der Waals surface area (Å²) in [6.07, 6.45) is 5.91. The highest BCUT2D eigenvalue weighted by atomic mass is 31.1. The van der Waals surface area contributed by atoms with Gasteiger partial charge in [0, 0.05) is 5.92 Å². The van der Waals surface area contributed by atoms with Gasteiger partial charge >= 0.3 is 0 Å². The second-order valence-corrected chi connectivity index (χ2v) is 4.73. The van der Waals surface area contributed by atoms with Crippen molar-refractivity contribution in [3.63, 3.8) is 0 Å². The molecule has 0 aromatic heterocycles. The monoisotopic (exact) mass is 220 g/mol. The molecule has 3 nitrogen and oxygen atoms in total. The lowest BCUT2D eigenvalue weighted by Crippen LogP contribution is -2.09. The maximum absolute atomic E-state index is 11.2. The third kappa shape index (κ3) is 5.56. The van der Waals surface area contributed by atoms with Crippen molar-refractivity contribution >= 4 is 13.6 Å². The van der Waals surface area contributed by atoms with Crippen LogP contribution in [-0.4, -0.2) is 10.4 Å². The van der Waals surface area contributed by atoms with E-state index in [1.165, 1.54) is 12.8 Å². The Morgan fingerprint density at radius 2 is 1.93 bits per heavy atom. The molecule has 0 amide bonds. The van der Waals surface area contributed by atoms with Crippen LogP contribution in [0.15, 0.2) is 0 Å². The predicted octanol–water partition coefficient (Wildman–Crippen LogP) is 2.98. The molecule has 0 spiro atoms. The number of hydrogen-bond donors (Lipinski definition) is 1. The van der Waals surface area contributed by atoms with Gasteiger partial charge in [-0.1, -0.05) is 39.5 Å². The molecule has 0 radical (unpaired) electrons. The first kappa shape index (κ1) is 13.9. The minimum absolute atomic E-state index is 0.191. The van der Waals surface area contributed by atoms with E-state index < -0.39 is 13.6 Å². The van der Waals surface area contributed by atoms with Crippen molar-refractivity contribution in [3.8, 4) is 0 Å². The Balaban J connectivity index is 3.79. The molecule has 2 atom stereocenters. The molecule has 0 heterocycles. The lowest BCUT2D eigenvalue weighted by Gasteiger charge is -2.10. The first-order chi connectivity index (χ1) is 6.63. The minimum atomic E-state index is -2.95. The molecule has 0 aliphatic carbocycles. The first-order valence-corrected chi connectivity index (χ1v) is 6.76. The van der Waals surface area contributed by atoms with Gasteiger partial charge < -0.3 is 4.89 Å². The fraction of sp³-hybridized carbons (Fsp3) is 0.900. The van der Waals surface area contributed by atoms with E-state index in [4.69, 9.17) is 4.89 Å². The van der Waals surface area contributed by atoms with Crippen LogP contribution in [0.1, 0.15) is 52.4 Å². The molecule has 0 aromatic rings. The van der Waals surface area contributed by atoms with E-state index in [2.05, 4.69) is 6.92 Å². The van der Waals surface area contributed by atoms with Crippen molar-refractivity contribution in [3.05, 3.63) is 0 Å². The molecule has 1 N–H and O–H groups in total. The third-order valence-corrected chi connectivity index (χ3v) is 3.31. The van der Waals surface area contributed by atoms with Crippen LogP contribution in [0.3, 0.4) is 0 Å². The second-order valence-electron chi connectivity index (χ2n) is 3.62. The van der Waals surface area contributed by atoms with Gasteiger partial charge in [-0.25, -0.2) is 0 Å². The Hall–Kier alpha value is -0.140. The fourth-order valence-corrected chi connectivity index (χ4v) is 2.21. The average Bonchev–Trinajstić information content (AvgIpc) is 2.17. The quantitative estimate of drug-likeness (QED) is 0.505. The highest BCUT2D eigenvalue weighted by Gasteiger charge is 2.19. The van der Waals surface area contributed by atoms with Crippen molar-refractivity contribution in [1.82, 2.24) is 0 Å². The van der Waals surface area contributed by atoms with E-state index in [0.29, 0.717) is 6.42 Å². The van der Waals surface area contributed by atoms with Gasteiger partial charge in [0.2, 0.25) is 5.52 Å². The van der Waals surface area contributed by atoms with Gasteiger partial charge in [-0.05, 0) is 12.8 Å². The molecule has 0 fully saturated rings. The van der Waals surface area contributed by atoms with E-state index in [9.17, 15) is 9.36 Å². The zero-order valence-corrected chi connectivity index (χ0v) is 10.1. The van der Waals surface area contributed by atoms with Gasteiger partial charge in [0.25, 0.3) is 8.03 Å². The summed E-state index contributed by atoms with van der Waals surface area (Å²) in [5.41, 5.74) is -0.436. The molecular formula is C10H21O3P. The Bertz CT molecular complexity index is 192. The van der Waals surface area contributed by atoms with E-state index in [-0.39, 0.29) is 5.92 Å². The van der Waals surface area contributed by atoms with E-state index in [1.807, 2.05) is 6.92 Å². The molecule has 0 bridgehead atoms. The van der Waals surface area contributed by atoms with Gasteiger partial charge in [-0.3, -0.25) is 9.36 Å². The third-order valence-electron chi connectivity index (χ3n) is 2.48. The Labute approximate surface area is 86.8 Å². The van der Waals surface area contributed by atoms with Crippen LogP contribution in [-0.2, 0) is 9.36 Å². The fourth-order valence-electron chi connectivity index (χ4n) is 1.51. The number of rotatable bonds is 8. The molecule has 0 saturated heterocycles. The highest BCUT2D eigenvalue weighted by molar-refractivity contribution is 7.58. The molecule has 0 aliphatic rings. The maximum atomic E-state index is 11.2. The van der Waals surface area contributed by atoms with Crippen LogP contribution in [0, 0.1) is 5.92 Å². The van der Waals surface area contributed by atoms with Gasteiger partial charge in [-0.2, -0.15) is 0 Å². The number of unbranched alkanes of at least 4 members (excludes halogenated alkanes) is 3. The zero-order chi connectivity index (χ0) is 11.0. The Morgan fingerprint density at radius 3 is 2.36 bits per heavy atom. The molecular weight excluding hydrogens is 199 g/mol. The SMILES string of the molecule is CCCCCCC(CC)C(=O)[PH](=O)O. The molecule has 0 aliphatic heterocycles. The number of carbonyl (C=O) groups excluding carboxylic acids is 1. The van der Waals surface area contributed by atoms with Crippen molar-refractivity contribution in [2.75, 3.05) is 0 Å². The van der Waals surface area contributed by atoms with Crippen LogP contribution >= 0.6 is 8.03 Å². The van der Waals surface area contributed by atoms with Crippen LogP contribution < -0.4 is 0 Å². The largest absolute Gasteiger partial charge is 0.341 e. The summed E-state index contributed by atoms with van der Waals surface area (Å²) >= 11 is 0. The molecule has 2 unspecified atom stereocenters. The summed E-state index contributed by atoms with van der Waals surface area (Å²) in [6, 6.07) is 0. The lowest BCUT2D eigenvalue weighted by atomic mass is 10.00. The topological polar surface area (TPSA) is 54.4 Å². The molecule has 14 heavy (non-hydrogen) atoms. The number of carbonyl (C=O) groups is 1. The zero-order valence-electron chi connectivity index (χ0n) is 9.08. The highest BCUT2D eigenvalue weighted by Crippen LogP contribution is 2.26. The minimum Gasteiger partial charge on any atom is -0.341 e. The summed E-state index contributed by atoms with van der Waals surface area (Å²) in [4.78, 5) is 19.9. The molecule has 0 aromatic carbocycles. The molecule has 0 rings (SSSR count). The molecule has 84 valence electrons. The maximum Gasteiger partial charge on any atom is 0.253 e. The van der Waals surface area contributed by atoms with Crippen molar-refractivity contribution in [2.24, 2.45) is 5.92 Å². The second kappa shape index (κ2) is 8.19. The van der Waals surface area contributed by atoms with Crippen LogP contribution in [0.4, 0.5) is 0 Å². The summed E-state index contributed by atoms with van der Waals surface area (Å²) < 4.78 is 10.6. The van der Waals surface area contributed by atoms with Crippen LogP contribution in [0.5, 0.6) is 0 Å². The summed E-state index contributed by atoms with van der Waals surface area (Å²) in [6.45, 7) is 4.03. The van der Waals surface area contributed by atoms with Gasteiger partial charge in [0.05, 0.1) is 0 Å². The first-order valence-electron chi connectivity index (χ1n) is 5.40. The van der Waals surface area contributed by atoms with E-state index in [1.54, 1.807) is 0 Å². The van der Waals surface area contributed by atoms with Gasteiger partial charge in [0.15, 0.2) is 0 Å². The summed E-state index contributed by atoms with van der Waals surface area (Å²) in [5.74, 6) is -0.191. The van der Waals surface area contributed by atoms with Gasteiger partial charge in [-0.15, -0.1) is 0 Å². The smallest absolute Gasteiger partial charge is 0.253 e. The van der Waals surface area contributed by atoms with E-state index >= 15 is 0 Å². The van der Waals surface area contributed by atoms with Gasteiger partial charge in [0.1, 0.15) is 0 Å². The van der Waals surface area contributed by atoms with E-state index in [0.717, 1.165) is 19.3 Å². The van der Waals surface area contributed by atoms with Crippen LogP contribution in [0.25, 0.3) is 0 Å². The predicted molar refractivity (Wildman–Crippen MR) is 58.8 cm³/mol. The number of hydrogen-bond acceptors (Lipinski definition) is 2. The Morgan fingerprint density at radius 1 is 1.29 bits per heavy atom.